The number of carboxylic acids is 1. The van der Waals surface area contributed by atoms with Crippen molar-refractivity contribution in [2.45, 2.75) is 13.0 Å². The van der Waals surface area contributed by atoms with Gasteiger partial charge in [0.1, 0.15) is 15.5 Å². The molecule has 1 aromatic heterocycles. The molecule has 9 heteroatoms. The molecule has 5 nitrogen and oxygen atoms in total. The van der Waals surface area contributed by atoms with Crippen molar-refractivity contribution in [2.24, 2.45) is 0 Å². The molecule has 0 aliphatic rings. The summed E-state index contributed by atoms with van der Waals surface area (Å²) in [6.45, 7) is 0.206. The fraction of sp³-hybridized carbons (Fsp3) is 0.190. The van der Waals surface area contributed by atoms with Gasteiger partial charge in [-0.1, -0.05) is 53.0 Å². The predicted octanol–water partition coefficient (Wildman–Crippen LogP) is 5.92. The maximum atomic E-state index is 12.0. The second-order valence-electron chi connectivity index (χ2n) is 6.86. The molecule has 0 amide bonds. The van der Waals surface area contributed by atoms with Crippen LogP contribution in [-0.4, -0.2) is 36.1 Å². The minimum atomic E-state index is -3.18. The van der Waals surface area contributed by atoms with Gasteiger partial charge in [0.2, 0.25) is 0 Å². The van der Waals surface area contributed by atoms with Crippen LogP contribution in [0.25, 0.3) is 22.4 Å². The molecule has 158 valence electrons. The summed E-state index contributed by atoms with van der Waals surface area (Å²) in [4.78, 5) is 12.0. The van der Waals surface area contributed by atoms with Crippen molar-refractivity contribution >= 4 is 50.6 Å². The molecule has 0 aliphatic heterocycles. The summed E-state index contributed by atoms with van der Waals surface area (Å²) < 4.78 is 24.7. The Morgan fingerprint density at radius 1 is 0.967 bits per heavy atom. The molecule has 0 spiro atoms. The van der Waals surface area contributed by atoms with Crippen molar-refractivity contribution in [2.75, 3.05) is 12.0 Å². The third kappa shape index (κ3) is 5.19. The maximum absolute atomic E-state index is 12.0. The zero-order chi connectivity index (χ0) is 22.1. The number of carboxylic acid groups (broad SMARTS) is 1. The summed E-state index contributed by atoms with van der Waals surface area (Å²) in [7, 11) is -3.18. The van der Waals surface area contributed by atoms with Crippen LogP contribution in [0.15, 0.2) is 48.5 Å². The number of benzene rings is 2. The van der Waals surface area contributed by atoms with Crippen molar-refractivity contribution in [3.05, 3.63) is 69.3 Å². The summed E-state index contributed by atoms with van der Waals surface area (Å²) in [5, 5.41) is 11.2. The van der Waals surface area contributed by atoms with Crippen LogP contribution in [0, 0.1) is 0 Å². The summed E-state index contributed by atoms with van der Waals surface area (Å²) in [6, 6.07) is 13.5. The lowest BCUT2D eigenvalue weighted by molar-refractivity contribution is 0.0685. The van der Waals surface area contributed by atoms with Gasteiger partial charge in [0.05, 0.1) is 11.4 Å². The number of halogens is 3. The minimum Gasteiger partial charge on any atom is -0.477 e. The summed E-state index contributed by atoms with van der Waals surface area (Å²) in [5.41, 5.74) is 2.61. The highest BCUT2D eigenvalue weighted by atomic mass is 35.5. The number of hydrogen-bond donors (Lipinski definition) is 1. The highest BCUT2D eigenvalue weighted by molar-refractivity contribution is 7.90. The Labute approximate surface area is 189 Å². The molecule has 3 rings (SSSR count). The smallest absolute Gasteiger partial charge is 0.352 e. The van der Waals surface area contributed by atoms with Crippen molar-refractivity contribution in [3.63, 3.8) is 0 Å². The first-order valence-electron chi connectivity index (χ1n) is 8.93. The van der Waals surface area contributed by atoms with Crippen molar-refractivity contribution in [3.8, 4) is 22.4 Å². The number of rotatable bonds is 7. The van der Waals surface area contributed by atoms with Crippen LogP contribution in [0.5, 0.6) is 0 Å². The molecule has 0 atom stereocenters. The summed E-state index contributed by atoms with van der Waals surface area (Å²) in [5.74, 6) is -1.18. The minimum absolute atomic E-state index is 0.0365. The summed E-state index contributed by atoms with van der Waals surface area (Å²) in [6.07, 6.45) is 1.42. The molecule has 3 aromatic rings. The molecular formula is C21H18Cl3NO4S. The number of aromatic carboxylic acids is 1. The predicted molar refractivity (Wildman–Crippen MR) is 122 cm³/mol. The molecule has 0 fully saturated rings. The van der Waals surface area contributed by atoms with E-state index in [-0.39, 0.29) is 24.4 Å². The van der Waals surface area contributed by atoms with Gasteiger partial charge in [-0.2, -0.15) is 0 Å². The first kappa shape index (κ1) is 22.7. The van der Waals surface area contributed by atoms with Crippen molar-refractivity contribution < 1.29 is 18.3 Å². The number of hydrogen-bond acceptors (Lipinski definition) is 3. The average Bonchev–Trinajstić information content (AvgIpc) is 3.01. The quantitative estimate of drug-likeness (QED) is 0.450. The third-order valence-electron chi connectivity index (χ3n) is 4.55. The molecule has 0 aliphatic carbocycles. The van der Waals surface area contributed by atoms with Crippen LogP contribution in [0.4, 0.5) is 0 Å². The van der Waals surface area contributed by atoms with E-state index in [1.807, 2.05) is 0 Å². The molecule has 0 saturated carbocycles. The van der Waals surface area contributed by atoms with Crippen LogP contribution in [0.3, 0.4) is 0 Å². The van der Waals surface area contributed by atoms with Crippen molar-refractivity contribution in [1.82, 2.24) is 4.57 Å². The third-order valence-corrected chi connectivity index (χ3v) is 6.38. The molecule has 0 unspecified atom stereocenters. The van der Waals surface area contributed by atoms with Crippen molar-refractivity contribution in [1.29, 1.82) is 0 Å². The van der Waals surface area contributed by atoms with Crippen LogP contribution < -0.4 is 0 Å². The van der Waals surface area contributed by atoms with E-state index in [4.69, 9.17) is 34.8 Å². The van der Waals surface area contributed by atoms with Gasteiger partial charge in [-0.15, -0.1) is 0 Å². The van der Waals surface area contributed by atoms with Gasteiger partial charge in [0.25, 0.3) is 0 Å². The molecule has 0 saturated heterocycles. The maximum Gasteiger partial charge on any atom is 0.352 e. The van der Waals surface area contributed by atoms with Gasteiger partial charge in [-0.25, -0.2) is 13.2 Å². The van der Waals surface area contributed by atoms with Gasteiger partial charge < -0.3 is 9.67 Å². The largest absolute Gasteiger partial charge is 0.477 e. The number of sulfone groups is 1. The van der Waals surface area contributed by atoms with E-state index in [1.165, 1.54) is 0 Å². The van der Waals surface area contributed by atoms with Crippen LogP contribution in [0.1, 0.15) is 16.9 Å². The lowest BCUT2D eigenvalue weighted by atomic mass is 10.0. The van der Waals surface area contributed by atoms with E-state index < -0.39 is 15.8 Å². The topological polar surface area (TPSA) is 76.4 Å². The van der Waals surface area contributed by atoms with Gasteiger partial charge in [0.15, 0.2) is 0 Å². The lowest BCUT2D eigenvalue weighted by Crippen LogP contribution is -2.13. The molecule has 0 bridgehead atoms. The molecular weight excluding hydrogens is 469 g/mol. The number of nitrogens with zero attached hydrogens (tertiary/aromatic N) is 1. The zero-order valence-corrected chi connectivity index (χ0v) is 19.0. The van der Waals surface area contributed by atoms with E-state index in [0.29, 0.717) is 31.9 Å². The van der Waals surface area contributed by atoms with Gasteiger partial charge in [0, 0.05) is 39.0 Å². The van der Waals surface area contributed by atoms with Gasteiger partial charge >= 0.3 is 5.97 Å². The first-order chi connectivity index (χ1) is 14.1. The average molecular weight is 487 g/mol. The van der Waals surface area contributed by atoms with E-state index in [1.54, 1.807) is 53.1 Å². The molecule has 1 N–H and O–H groups in total. The SMILES string of the molecule is CS(=O)(=O)CCCn1c(C(=O)O)cc(-c2ccc(Cl)cc2Cl)c1-c1ccc(Cl)cc1. The molecule has 0 radical (unpaired) electrons. The Kier molecular flexibility index (Phi) is 6.82. The Hall–Kier alpha value is -1.99. The first-order valence-corrected chi connectivity index (χ1v) is 12.1. The Bertz CT molecular complexity index is 1200. The van der Waals surface area contributed by atoms with E-state index >= 15 is 0 Å². The van der Waals surface area contributed by atoms with Gasteiger partial charge in [-0.05, 0) is 42.3 Å². The Balaban J connectivity index is 2.24. The van der Waals surface area contributed by atoms with Crippen LogP contribution in [-0.2, 0) is 16.4 Å². The normalized spacial score (nSPS) is 11.6. The second kappa shape index (κ2) is 9.02. The molecule has 2 aromatic carbocycles. The Morgan fingerprint density at radius 3 is 2.17 bits per heavy atom. The van der Waals surface area contributed by atoms with Crippen LogP contribution in [0.2, 0.25) is 15.1 Å². The lowest BCUT2D eigenvalue weighted by Gasteiger charge is -2.14. The second-order valence-corrected chi connectivity index (χ2v) is 10.4. The molecule has 1 heterocycles. The van der Waals surface area contributed by atoms with E-state index in [2.05, 4.69) is 0 Å². The monoisotopic (exact) mass is 485 g/mol. The highest BCUT2D eigenvalue weighted by Crippen LogP contribution is 2.40. The number of aromatic nitrogens is 1. The Morgan fingerprint density at radius 2 is 1.60 bits per heavy atom. The van der Waals surface area contributed by atoms with Gasteiger partial charge in [-0.3, -0.25) is 0 Å². The summed E-state index contributed by atoms with van der Waals surface area (Å²) >= 11 is 18.5. The highest BCUT2D eigenvalue weighted by Gasteiger charge is 2.23. The fourth-order valence-corrected chi connectivity index (χ4v) is 4.57. The van der Waals surface area contributed by atoms with E-state index in [0.717, 1.165) is 11.8 Å². The standard InChI is InChI=1S/C21H18Cl3NO4S/c1-30(28,29)10-2-9-25-19(21(26)27)12-17(16-8-7-15(23)11-18(16)24)20(25)13-3-5-14(22)6-4-13/h3-8,11-12H,2,9-10H2,1H3,(H,26,27). The number of carbonyl (C=O) groups is 1. The van der Waals surface area contributed by atoms with E-state index in [9.17, 15) is 18.3 Å². The zero-order valence-electron chi connectivity index (χ0n) is 15.9. The molecule has 30 heavy (non-hydrogen) atoms. The van der Waals surface area contributed by atoms with Crippen LogP contribution >= 0.6 is 34.8 Å². The fourth-order valence-electron chi connectivity index (χ4n) is 3.28.